The molecule has 6 heteroatoms. The van der Waals surface area contributed by atoms with Crippen molar-refractivity contribution in [3.8, 4) is 0 Å². The molecular weight excluding hydrogens is 256 g/mol. The minimum absolute atomic E-state index is 0.0151. The number of ether oxygens (including phenoxy) is 1. The van der Waals surface area contributed by atoms with E-state index in [0.29, 0.717) is 12.6 Å². The molecule has 1 heterocycles. The predicted molar refractivity (Wildman–Crippen MR) is 79.2 cm³/mol. The van der Waals surface area contributed by atoms with Crippen molar-refractivity contribution in [1.82, 2.24) is 10.3 Å². The van der Waals surface area contributed by atoms with Crippen LogP contribution in [0.2, 0.25) is 0 Å². The van der Waals surface area contributed by atoms with Gasteiger partial charge in [-0.15, -0.1) is 0 Å². The van der Waals surface area contributed by atoms with Crippen molar-refractivity contribution in [1.29, 1.82) is 0 Å². The fourth-order valence-corrected chi connectivity index (χ4v) is 3.15. The molecule has 0 aromatic heterocycles. The molecule has 0 amide bonds. The van der Waals surface area contributed by atoms with Crippen molar-refractivity contribution in [2.24, 2.45) is 10.8 Å². The first-order valence-corrected chi connectivity index (χ1v) is 7.62. The van der Waals surface area contributed by atoms with E-state index in [0.717, 1.165) is 25.3 Å². The van der Waals surface area contributed by atoms with E-state index in [9.17, 15) is 5.11 Å². The van der Waals surface area contributed by atoms with Crippen molar-refractivity contribution in [3.05, 3.63) is 0 Å². The fraction of sp³-hybridized carbons (Fsp3) is 0.929. The van der Waals surface area contributed by atoms with Crippen LogP contribution in [0, 0.1) is 0 Å². The summed E-state index contributed by atoms with van der Waals surface area (Å²) in [5.41, 5.74) is 2.43. The van der Waals surface area contributed by atoms with E-state index >= 15 is 0 Å². The van der Waals surface area contributed by atoms with Crippen molar-refractivity contribution in [2.45, 2.75) is 63.7 Å². The van der Waals surface area contributed by atoms with Crippen LogP contribution < -0.4 is 11.3 Å². The molecule has 0 radical (unpaired) electrons. The van der Waals surface area contributed by atoms with Gasteiger partial charge in [0, 0.05) is 13.1 Å². The Morgan fingerprint density at radius 2 is 2.10 bits per heavy atom. The lowest BCUT2D eigenvalue weighted by atomic mass is 9.96. The molecule has 1 atom stereocenters. The molecule has 0 aromatic carbocycles. The highest BCUT2D eigenvalue weighted by molar-refractivity contribution is 5.79. The van der Waals surface area contributed by atoms with E-state index in [-0.39, 0.29) is 18.3 Å². The van der Waals surface area contributed by atoms with Crippen molar-refractivity contribution < 1.29 is 9.84 Å². The van der Waals surface area contributed by atoms with Crippen LogP contribution in [-0.4, -0.2) is 53.4 Å². The molecule has 1 aliphatic heterocycles. The molecular formula is C14H28N4O2. The first-order chi connectivity index (χ1) is 9.54. The maximum absolute atomic E-state index is 9.37. The SMILES string of the molecule is CC1(C)CN(C(=NC2CCCCC2)NN)CC(CO)O1. The number of aliphatic hydroxyl groups excluding tert-OH is 1. The van der Waals surface area contributed by atoms with Gasteiger partial charge in [0.2, 0.25) is 5.96 Å². The number of nitrogens with one attached hydrogen (secondary N) is 1. The Balaban J connectivity index is 2.06. The van der Waals surface area contributed by atoms with Crippen LogP contribution in [0.15, 0.2) is 4.99 Å². The second kappa shape index (κ2) is 6.74. The number of rotatable bonds is 2. The summed E-state index contributed by atoms with van der Waals surface area (Å²) in [6, 6.07) is 0.369. The maximum atomic E-state index is 9.37. The lowest BCUT2D eigenvalue weighted by molar-refractivity contribution is -0.135. The standard InChI is InChI=1S/C14H28N4O2/c1-14(2)10-18(8-12(9-19)20-14)13(17-15)16-11-6-4-3-5-7-11/h11-12,19H,3-10,15H2,1-2H3,(H,16,17). The van der Waals surface area contributed by atoms with Gasteiger partial charge in [-0.25, -0.2) is 10.8 Å². The third-order valence-electron chi connectivity index (χ3n) is 3.99. The summed E-state index contributed by atoms with van der Waals surface area (Å²) in [7, 11) is 0. The van der Waals surface area contributed by atoms with E-state index in [1.54, 1.807) is 0 Å². The Bertz CT molecular complexity index is 340. The molecule has 0 aromatic rings. The highest BCUT2D eigenvalue weighted by Gasteiger charge is 2.34. The van der Waals surface area contributed by atoms with E-state index in [1.165, 1.54) is 19.3 Å². The van der Waals surface area contributed by atoms with E-state index in [4.69, 9.17) is 15.6 Å². The van der Waals surface area contributed by atoms with Gasteiger partial charge < -0.3 is 14.7 Å². The van der Waals surface area contributed by atoms with Crippen molar-refractivity contribution in [2.75, 3.05) is 19.7 Å². The topological polar surface area (TPSA) is 83.1 Å². The predicted octanol–water partition coefficient (Wildman–Crippen LogP) is 0.610. The number of nitrogens with two attached hydrogens (primary N) is 1. The van der Waals surface area contributed by atoms with Crippen LogP contribution in [0.25, 0.3) is 0 Å². The Morgan fingerprint density at radius 1 is 1.40 bits per heavy atom. The molecule has 1 aliphatic carbocycles. The van der Waals surface area contributed by atoms with Crippen LogP contribution >= 0.6 is 0 Å². The highest BCUT2D eigenvalue weighted by Crippen LogP contribution is 2.23. The number of nitrogens with zero attached hydrogens (tertiary/aromatic N) is 2. The molecule has 116 valence electrons. The fourth-order valence-electron chi connectivity index (χ4n) is 3.15. The van der Waals surface area contributed by atoms with E-state index < -0.39 is 0 Å². The smallest absolute Gasteiger partial charge is 0.208 e. The summed E-state index contributed by atoms with van der Waals surface area (Å²) in [6.45, 7) is 5.41. The first kappa shape index (κ1) is 15.5. The molecule has 2 rings (SSSR count). The van der Waals surface area contributed by atoms with Crippen molar-refractivity contribution >= 4 is 5.96 Å². The van der Waals surface area contributed by atoms with Crippen LogP contribution in [0.5, 0.6) is 0 Å². The summed E-state index contributed by atoms with van der Waals surface area (Å²) in [6.07, 6.45) is 5.91. The molecule has 2 aliphatic rings. The van der Waals surface area contributed by atoms with Gasteiger partial charge in [-0.2, -0.15) is 0 Å². The number of morpholine rings is 1. The van der Waals surface area contributed by atoms with Gasteiger partial charge in [-0.1, -0.05) is 19.3 Å². The lowest BCUT2D eigenvalue weighted by Crippen LogP contribution is -2.59. The molecule has 1 saturated carbocycles. The molecule has 2 fully saturated rings. The molecule has 1 saturated heterocycles. The number of hydrogen-bond acceptors (Lipinski definition) is 4. The average molecular weight is 284 g/mol. The lowest BCUT2D eigenvalue weighted by Gasteiger charge is -2.43. The zero-order valence-corrected chi connectivity index (χ0v) is 12.6. The van der Waals surface area contributed by atoms with Gasteiger partial charge in [0.15, 0.2) is 0 Å². The van der Waals surface area contributed by atoms with E-state index in [1.807, 2.05) is 13.8 Å². The largest absolute Gasteiger partial charge is 0.394 e. The normalized spacial score (nSPS) is 28.5. The average Bonchev–Trinajstić information content (AvgIpc) is 2.44. The Morgan fingerprint density at radius 3 is 2.70 bits per heavy atom. The molecule has 0 bridgehead atoms. The quantitative estimate of drug-likeness (QED) is 0.299. The van der Waals surface area contributed by atoms with Gasteiger partial charge in [-0.05, 0) is 26.7 Å². The van der Waals surface area contributed by atoms with Crippen LogP contribution in [-0.2, 0) is 4.74 Å². The van der Waals surface area contributed by atoms with E-state index in [2.05, 4.69) is 10.3 Å². The number of hydrogen-bond donors (Lipinski definition) is 3. The zero-order chi connectivity index (χ0) is 14.6. The number of aliphatic hydroxyl groups is 1. The van der Waals surface area contributed by atoms with Crippen LogP contribution in [0.3, 0.4) is 0 Å². The van der Waals surface area contributed by atoms with Gasteiger partial charge in [-0.3, -0.25) is 5.43 Å². The summed E-state index contributed by atoms with van der Waals surface area (Å²) < 4.78 is 5.82. The molecule has 0 spiro atoms. The third kappa shape index (κ3) is 4.07. The van der Waals surface area contributed by atoms with Crippen LogP contribution in [0.1, 0.15) is 46.0 Å². The summed E-state index contributed by atoms with van der Waals surface area (Å²) in [5, 5.41) is 9.37. The monoisotopic (exact) mass is 284 g/mol. The highest BCUT2D eigenvalue weighted by atomic mass is 16.5. The third-order valence-corrected chi connectivity index (χ3v) is 3.99. The summed E-state index contributed by atoms with van der Waals surface area (Å²) >= 11 is 0. The molecule has 6 nitrogen and oxygen atoms in total. The second-order valence-electron chi connectivity index (χ2n) is 6.45. The minimum atomic E-state index is -0.310. The molecule has 1 unspecified atom stereocenters. The van der Waals surface area contributed by atoms with Crippen LogP contribution in [0.4, 0.5) is 0 Å². The van der Waals surface area contributed by atoms with Crippen molar-refractivity contribution in [3.63, 3.8) is 0 Å². The van der Waals surface area contributed by atoms with Gasteiger partial charge >= 0.3 is 0 Å². The number of guanidine groups is 1. The zero-order valence-electron chi connectivity index (χ0n) is 12.6. The minimum Gasteiger partial charge on any atom is -0.394 e. The number of aliphatic imine (C=N–C) groups is 1. The van der Waals surface area contributed by atoms with Gasteiger partial charge in [0.25, 0.3) is 0 Å². The second-order valence-corrected chi connectivity index (χ2v) is 6.45. The number of hydrazine groups is 1. The Labute approximate surface area is 121 Å². The summed E-state index contributed by atoms with van der Waals surface area (Å²) in [4.78, 5) is 6.88. The van der Waals surface area contributed by atoms with Gasteiger partial charge in [0.05, 0.1) is 24.4 Å². The molecule has 4 N–H and O–H groups in total. The summed E-state index contributed by atoms with van der Waals surface area (Å²) in [5.74, 6) is 6.40. The first-order valence-electron chi connectivity index (χ1n) is 7.62. The molecule has 20 heavy (non-hydrogen) atoms. The maximum Gasteiger partial charge on any atom is 0.208 e. The Hall–Kier alpha value is -0.850. The Kier molecular flexibility index (Phi) is 5.23. The van der Waals surface area contributed by atoms with Gasteiger partial charge in [0.1, 0.15) is 0 Å².